The summed E-state index contributed by atoms with van der Waals surface area (Å²) in [5, 5.41) is 3.87. The molecule has 1 saturated heterocycles. The quantitative estimate of drug-likeness (QED) is 0.864. The van der Waals surface area contributed by atoms with E-state index >= 15 is 0 Å². The van der Waals surface area contributed by atoms with Crippen LogP contribution >= 0.6 is 11.8 Å². The van der Waals surface area contributed by atoms with Crippen LogP contribution in [0.15, 0.2) is 27.6 Å². The van der Waals surface area contributed by atoms with Crippen molar-refractivity contribution in [3.05, 3.63) is 41.5 Å². The van der Waals surface area contributed by atoms with E-state index in [1.165, 1.54) is 0 Å². The molecule has 130 valence electrons. The first-order valence-electron chi connectivity index (χ1n) is 7.31. The highest BCUT2D eigenvalue weighted by atomic mass is 32.2. The minimum atomic E-state index is -4.37. The molecule has 3 rings (SSSR count). The van der Waals surface area contributed by atoms with Crippen LogP contribution in [0.3, 0.4) is 0 Å². The van der Waals surface area contributed by atoms with Gasteiger partial charge in [-0.3, -0.25) is 0 Å². The van der Waals surface area contributed by atoms with Crippen LogP contribution in [-0.4, -0.2) is 30.1 Å². The lowest BCUT2D eigenvalue weighted by atomic mass is 10.0. The number of sulfonamides is 1. The maximum Gasteiger partial charge on any atom is 0.246 e. The average molecular weight is 375 g/mol. The molecule has 1 aromatic carbocycles. The van der Waals surface area contributed by atoms with E-state index in [0.29, 0.717) is 5.82 Å². The monoisotopic (exact) mass is 375 g/mol. The van der Waals surface area contributed by atoms with E-state index in [-0.39, 0.29) is 18.4 Å². The fourth-order valence-electron chi connectivity index (χ4n) is 2.43. The van der Waals surface area contributed by atoms with Gasteiger partial charge in [0.05, 0.1) is 6.54 Å². The Kier molecular flexibility index (Phi) is 5.16. The molecule has 10 heteroatoms. The number of nitrogens with zero attached hydrogens (tertiary/aromatic N) is 2. The van der Waals surface area contributed by atoms with Gasteiger partial charge in [0.25, 0.3) is 0 Å². The lowest BCUT2D eigenvalue weighted by Gasteiger charge is -2.17. The van der Waals surface area contributed by atoms with Crippen LogP contribution in [0.1, 0.15) is 30.5 Å². The number of halogens is 2. The van der Waals surface area contributed by atoms with Crippen molar-refractivity contribution in [1.29, 1.82) is 0 Å². The minimum absolute atomic E-state index is 0.0588. The zero-order chi connectivity index (χ0) is 17.2. The molecular weight excluding hydrogens is 360 g/mol. The summed E-state index contributed by atoms with van der Waals surface area (Å²) in [5.74, 6) is 0.526. The van der Waals surface area contributed by atoms with Crippen LogP contribution in [0, 0.1) is 11.6 Å². The topological polar surface area (TPSA) is 85.1 Å². The molecule has 1 aromatic heterocycles. The summed E-state index contributed by atoms with van der Waals surface area (Å²) in [5.41, 5.74) is 0. The van der Waals surface area contributed by atoms with E-state index in [2.05, 4.69) is 14.9 Å². The van der Waals surface area contributed by atoms with Crippen molar-refractivity contribution in [2.75, 3.05) is 11.5 Å². The first kappa shape index (κ1) is 17.3. The first-order chi connectivity index (χ1) is 11.5. The second-order valence-electron chi connectivity index (χ2n) is 5.31. The standard InChI is InChI=1S/C14H15F2N3O3S2/c15-10-2-1-3-11(16)13(10)24(20,21)17-8-12-18-14(19-22-12)9-4-6-23-7-5-9/h1-3,9,17H,4-8H2. The van der Waals surface area contributed by atoms with Crippen LogP contribution in [0.4, 0.5) is 8.78 Å². The Bertz CT molecular complexity index is 800. The summed E-state index contributed by atoms with van der Waals surface area (Å²) >= 11 is 1.87. The molecule has 0 atom stereocenters. The van der Waals surface area contributed by atoms with Gasteiger partial charge in [-0.15, -0.1) is 0 Å². The Morgan fingerprint density at radius 3 is 2.58 bits per heavy atom. The van der Waals surface area contributed by atoms with Crippen molar-refractivity contribution in [3.63, 3.8) is 0 Å². The molecule has 0 saturated carbocycles. The molecule has 0 amide bonds. The highest BCUT2D eigenvalue weighted by molar-refractivity contribution is 7.99. The van der Waals surface area contributed by atoms with E-state index in [1.807, 2.05) is 11.8 Å². The molecule has 0 radical (unpaired) electrons. The number of benzene rings is 1. The third kappa shape index (κ3) is 3.76. The molecule has 0 spiro atoms. The van der Waals surface area contributed by atoms with Gasteiger partial charge < -0.3 is 4.52 Å². The summed E-state index contributed by atoms with van der Waals surface area (Å²) in [4.78, 5) is 3.15. The highest BCUT2D eigenvalue weighted by Crippen LogP contribution is 2.29. The molecule has 0 bridgehead atoms. The fraction of sp³-hybridized carbons (Fsp3) is 0.429. The number of hydrogen-bond acceptors (Lipinski definition) is 6. The predicted molar refractivity (Wildman–Crippen MR) is 84.0 cm³/mol. The third-order valence-electron chi connectivity index (χ3n) is 3.67. The molecular formula is C14H15F2N3O3S2. The highest BCUT2D eigenvalue weighted by Gasteiger charge is 2.25. The summed E-state index contributed by atoms with van der Waals surface area (Å²) in [7, 11) is -4.37. The summed E-state index contributed by atoms with van der Waals surface area (Å²) < 4.78 is 58.5. The molecule has 1 N–H and O–H groups in total. The van der Waals surface area contributed by atoms with Gasteiger partial charge in [-0.1, -0.05) is 11.2 Å². The van der Waals surface area contributed by atoms with E-state index < -0.39 is 26.6 Å². The van der Waals surface area contributed by atoms with Crippen LogP contribution < -0.4 is 4.72 Å². The lowest BCUT2D eigenvalue weighted by molar-refractivity contribution is 0.365. The predicted octanol–water partition coefficient (Wildman–Crippen LogP) is 2.44. The maximum atomic E-state index is 13.6. The Morgan fingerprint density at radius 2 is 1.92 bits per heavy atom. The lowest BCUT2D eigenvalue weighted by Crippen LogP contribution is -2.25. The van der Waals surface area contributed by atoms with Gasteiger partial charge in [-0.05, 0) is 36.5 Å². The van der Waals surface area contributed by atoms with Crippen molar-refractivity contribution < 1.29 is 21.7 Å². The van der Waals surface area contributed by atoms with Crippen molar-refractivity contribution in [2.24, 2.45) is 0 Å². The average Bonchev–Trinajstić information content (AvgIpc) is 3.03. The molecule has 24 heavy (non-hydrogen) atoms. The second-order valence-corrected chi connectivity index (χ2v) is 8.24. The van der Waals surface area contributed by atoms with Crippen LogP contribution in [0.25, 0.3) is 0 Å². The largest absolute Gasteiger partial charge is 0.338 e. The number of rotatable bonds is 5. The molecule has 0 unspecified atom stereocenters. The maximum absolute atomic E-state index is 13.6. The van der Waals surface area contributed by atoms with Gasteiger partial charge in [0.1, 0.15) is 11.6 Å². The van der Waals surface area contributed by atoms with Crippen LogP contribution in [0.5, 0.6) is 0 Å². The Hall–Kier alpha value is -1.52. The smallest absolute Gasteiger partial charge is 0.246 e. The van der Waals surface area contributed by atoms with Gasteiger partial charge in [0, 0.05) is 5.92 Å². The first-order valence-corrected chi connectivity index (χ1v) is 9.95. The number of nitrogens with one attached hydrogen (secondary N) is 1. The normalized spacial score (nSPS) is 16.4. The van der Waals surface area contributed by atoms with E-state index in [4.69, 9.17) is 4.52 Å². The van der Waals surface area contributed by atoms with Gasteiger partial charge >= 0.3 is 0 Å². The number of aromatic nitrogens is 2. The Morgan fingerprint density at radius 1 is 1.25 bits per heavy atom. The Labute approximate surface area is 142 Å². The second kappa shape index (κ2) is 7.16. The zero-order valence-electron chi connectivity index (χ0n) is 12.5. The SMILES string of the molecule is O=S(=O)(NCc1nc(C2CCSCC2)no1)c1c(F)cccc1F. The summed E-state index contributed by atoms with van der Waals surface area (Å²) in [6.07, 6.45) is 1.88. The van der Waals surface area contributed by atoms with Crippen molar-refractivity contribution >= 4 is 21.8 Å². The van der Waals surface area contributed by atoms with Gasteiger partial charge in [-0.2, -0.15) is 16.7 Å². The van der Waals surface area contributed by atoms with Gasteiger partial charge in [-0.25, -0.2) is 21.9 Å². The molecule has 2 aromatic rings. The van der Waals surface area contributed by atoms with E-state index in [9.17, 15) is 17.2 Å². The fourth-order valence-corrected chi connectivity index (χ4v) is 4.64. The number of thioether (sulfide) groups is 1. The Balaban J connectivity index is 1.70. The molecule has 2 heterocycles. The molecule has 1 fully saturated rings. The molecule has 1 aliphatic heterocycles. The van der Waals surface area contributed by atoms with Crippen molar-refractivity contribution in [3.8, 4) is 0 Å². The van der Waals surface area contributed by atoms with Crippen molar-refractivity contribution in [2.45, 2.75) is 30.2 Å². The van der Waals surface area contributed by atoms with Gasteiger partial charge in [0.2, 0.25) is 15.9 Å². The van der Waals surface area contributed by atoms with Crippen LogP contribution in [0.2, 0.25) is 0 Å². The molecule has 6 nitrogen and oxygen atoms in total. The van der Waals surface area contributed by atoms with E-state index in [1.54, 1.807) is 0 Å². The zero-order valence-corrected chi connectivity index (χ0v) is 14.2. The minimum Gasteiger partial charge on any atom is -0.338 e. The van der Waals surface area contributed by atoms with Gasteiger partial charge in [0.15, 0.2) is 10.7 Å². The van der Waals surface area contributed by atoms with E-state index in [0.717, 1.165) is 42.5 Å². The molecule has 1 aliphatic rings. The van der Waals surface area contributed by atoms with Crippen LogP contribution in [-0.2, 0) is 16.6 Å². The van der Waals surface area contributed by atoms with Crippen molar-refractivity contribution in [1.82, 2.24) is 14.9 Å². The molecule has 0 aliphatic carbocycles. The summed E-state index contributed by atoms with van der Waals surface area (Å²) in [6, 6.07) is 2.85. The number of hydrogen-bond donors (Lipinski definition) is 1. The summed E-state index contributed by atoms with van der Waals surface area (Å²) in [6.45, 7) is -0.329. The third-order valence-corrected chi connectivity index (χ3v) is 6.17.